The number of benzene rings is 2. The highest BCUT2D eigenvalue weighted by Gasteiger charge is 2.38. The Balaban J connectivity index is 1.24. The number of amides is 3. The topological polar surface area (TPSA) is 87.7 Å². The molecular weight excluding hydrogens is 394 g/mol. The second-order valence-corrected chi connectivity index (χ2v) is 8.58. The lowest BCUT2D eigenvalue weighted by molar-refractivity contribution is -0.137. The minimum Gasteiger partial charge on any atom is -0.376 e. The van der Waals surface area contributed by atoms with Crippen molar-refractivity contribution < 1.29 is 19.1 Å². The van der Waals surface area contributed by atoms with Crippen LogP contribution in [0.4, 0.5) is 11.4 Å². The zero-order valence-corrected chi connectivity index (χ0v) is 17.5. The molecule has 0 saturated heterocycles. The molecule has 0 fully saturated rings. The standard InChI is InChI=1S/C24H25N3O4/c1-31-24(12-17-4-2-3-5-18(17)13-24)14-25-22(29)23(30)26-19-10-15-6-7-20(28)27-9-8-16(11-19)21(15)27/h2-5,10-11H,6-9,12-14H2,1H3,(H,25,29)(H,26,30). The summed E-state index contributed by atoms with van der Waals surface area (Å²) in [5.74, 6) is -1.22. The molecule has 2 aromatic rings. The van der Waals surface area contributed by atoms with E-state index in [1.807, 2.05) is 29.2 Å². The van der Waals surface area contributed by atoms with Gasteiger partial charge in [-0.25, -0.2) is 0 Å². The Morgan fingerprint density at radius 2 is 1.68 bits per heavy atom. The lowest BCUT2D eigenvalue weighted by Gasteiger charge is -2.27. The fraction of sp³-hybridized carbons (Fsp3) is 0.375. The molecule has 0 saturated carbocycles. The smallest absolute Gasteiger partial charge is 0.313 e. The maximum Gasteiger partial charge on any atom is 0.313 e. The molecule has 0 unspecified atom stereocenters. The zero-order chi connectivity index (χ0) is 21.6. The number of carbonyl (C=O) groups is 3. The molecular formula is C24H25N3O4. The first kappa shape index (κ1) is 19.8. The molecule has 1 aliphatic carbocycles. The van der Waals surface area contributed by atoms with E-state index in [4.69, 9.17) is 4.74 Å². The molecule has 3 amide bonds. The van der Waals surface area contributed by atoms with Crippen LogP contribution in [0, 0.1) is 0 Å². The molecule has 2 N–H and O–H groups in total. The summed E-state index contributed by atoms with van der Waals surface area (Å²) in [6.45, 7) is 0.942. The minimum absolute atomic E-state index is 0.156. The van der Waals surface area contributed by atoms with Gasteiger partial charge in [0, 0.05) is 45.1 Å². The molecule has 2 aromatic carbocycles. The zero-order valence-electron chi connectivity index (χ0n) is 17.5. The van der Waals surface area contributed by atoms with Crippen molar-refractivity contribution in [3.63, 3.8) is 0 Å². The molecule has 7 nitrogen and oxygen atoms in total. The minimum atomic E-state index is -0.698. The van der Waals surface area contributed by atoms with Crippen molar-refractivity contribution in [3.8, 4) is 0 Å². The summed E-state index contributed by atoms with van der Waals surface area (Å²) in [6, 6.07) is 11.9. The predicted molar refractivity (Wildman–Crippen MR) is 116 cm³/mol. The van der Waals surface area contributed by atoms with Crippen LogP contribution < -0.4 is 15.5 Å². The third kappa shape index (κ3) is 3.49. The number of hydrogen-bond acceptors (Lipinski definition) is 4. The van der Waals surface area contributed by atoms with Gasteiger partial charge in [0.2, 0.25) is 5.91 Å². The number of ether oxygens (including phenoxy) is 1. The first-order chi connectivity index (χ1) is 15.0. The summed E-state index contributed by atoms with van der Waals surface area (Å²) < 4.78 is 5.76. The number of methoxy groups -OCH3 is 1. The second kappa shape index (κ2) is 7.50. The van der Waals surface area contributed by atoms with Gasteiger partial charge in [0.15, 0.2) is 0 Å². The van der Waals surface area contributed by atoms with E-state index in [1.165, 1.54) is 11.1 Å². The van der Waals surface area contributed by atoms with E-state index >= 15 is 0 Å². The van der Waals surface area contributed by atoms with Crippen LogP contribution in [0.3, 0.4) is 0 Å². The van der Waals surface area contributed by atoms with E-state index in [2.05, 4.69) is 22.8 Å². The summed E-state index contributed by atoms with van der Waals surface area (Å²) in [4.78, 5) is 38.9. The Kier molecular flexibility index (Phi) is 4.78. The highest BCUT2D eigenvalue weighted by atomic mass is 16.5. The number of fused-ring (bicyclic) bond motifs is 1. The van der Waals surface area contributed by atoms with E-state index in [0.717, 1.165) is 23.2 Å². The maximum atomic E-state index is 12.5. The van der Waals surface area contributed by atoms with E-state index in [9.17, 15) is 14.4 Å². The number of aryl methyl sites for hydroxylation is 1. The summed E-state index contributed by atoms with van der Waals surface area (Å²) in [5, 5.41) is 5.47. The molecule has 0 bridgehead atoms. The van der Waals surface area contributed by atoms with Gasteiger partial charge >= 0.3 is 11.8 Å². The summed E-state index contributed by atoms with van der Waals surface area (Å²) in [5.41, 5.74) is 5.57. The highest BCUT2D eigenvalue weighted by molar-refractivity contribution is 6.39. The molecule has 0 spiro atoms. The molecule has 0 aromatic heterocycles. The summed E-state index contributed by atoms with van der Waals surface area (Å²) >= 11 is 0. The van der Waals surface area contributed by atoms with Crippen molar-refractivity contribution in [2.75, 3.05) is 30.4 Å². The Morgan fingerprint density at radius 3 is 2.35 bits per heavy atom. The maximum absolute atomic E-state index is 12.5. The Labute approximate surface area is 180 Å². The van der Waals surface area contributed by atoms with Gasteiger partial charge in [-0.15, -0.1) is 0 Å². The Morgan fingerprint density at radius 1 is 1.00 bits per heavy atom. The van der Waals surface area contributed by atoms with E-state index < -0.39 is 17.4 Å². The average molecular weight is 419 g/mol. The van der Waals surface area contributed by atoms with Gasteiger partial charge in [0.1, 0.15) is 0 Å². The first-order valence-corrected chi connectivity index (χ1v) is 10.7. The van der Waals surface area contributed by atoms with Gasteiger partial charge in [-0.2, -0.15) is 0 Å². The number of nitrogens with one attached hydrogen (secondary N) is 2. The monoisotopic (exact) mass is 419 g/mol. The number of carbonyl (C=O) groups excluding carboxylic acids is 3. The lowest BCUT2D eigenvalue weighted by atomic mass is 9.98. The molecule has 160 valence electrons. The van der Waals surface area contributed by atoms with E-state index in [0.29, 0.717) is 37.9 Å². The van der Waals surface area contributed by atoms with Gasteiger partial charge in [-0.05, 0) is 47.2 Å². The average Bonchev–Trinajstić information content (AvgIpc) is 3.37. The third-order valence-corrected chi connectivity index (χ3v) is 6.66. The molecule has 2 aliphatic heterocycles. The van der Waals surface area contributed by atoms with Gasteiger partial charge in [-0.3, -0.25) is 14.4 Å². The number of hydrogen-bond donors (Lipinski definition) is 2. The quantitative estimate of drug-likeness (QED) is 0.740. The molecule has 2 heterocycles. The van der Waals surface area contributed by atoms with Crippen LogP contribution in [0.2, 0.25) is 0 Å². The van der Waals surface area contributed by atoms with Crippen LogP contribution in [0.1, 0.15) is 28.7 Å². The fourth-order valence-electron chi connectivity index (χ4n) is 5.04. The molecule has 5 rings (SSSR count). The Hall–Kier alpha value is -3.19. The molecule has 7 heteroatoms. The van der Waals surface area contributed by atoms with Crippen LogP contribution in [-0.4, -0.2) is 43.5 Å². The van der Waals surface area contributed by atoms with Crippen molar-refractivity contribution in [2.45, 2.75) is 37.7 Å². The normalized spacial score (nSPS) is 17.8. The van der Waals surface area contributed by atoms with Crippen LogP contribution >= 0.6 is 0 Å². The second-order valence-electron chi connectivity index (χ2n) is 8.58. The van der Waals surface area contributed by atoms with Crippen molar-refractivity contribution >= 4 is 29.1 Å². The van der Waals surface area contributed by atoms with Gasteiger partial charge in [0.05, 0.1) is 11.3 Å². The molecule has 0 atom stereocenters. The van der Waals surface area contributed by atoms with Gasteiger partial charge in [-0.1, -0.05) is 24.3 Å². The summed E-state index contributed by atoms with van der Waals surface area (Å²) in [7, 11) is 1.64. The van der Waals surface area contributed by atoms with Crippen LogP contribution in [0.25, 0.3) is 0 Å². The van der Waals surface area contributed by atoms with Crippen LogP contribution in [-0.2, 0) is 44.8 Å². The number of rotatable bonds is 4. The molecule has 3 aliphatic rings. The van der Waals surface area contributed by atoms with Gasteiger partial charge in [0.25, 0.3) is 0 Å². The first-order valence-electron chi connectivity index (χ1n) is 10.7. The Bertz CT molecular complexity index is 1070. The van der Waals surface area contributed by atoms with Crippen molar-refractivity contribution in [1.29, 1.82) is 0 Å². The molecule has 0 radical (unpaired) electrons. The SMILES string of the molecule is COC1(CNC(=O)C(=O)Nc2cc3c4c(c2)CCN4C(=O)CC3)Cc2ccccc2C1. The van der Waals surface area contributed by atoms with E-state index in [1.54, 1.807) is 7.11 Å². The number of anilines is 2. The third-order valence-electron chi connectivity index (χ3n) is 6.66. The lowest BCUT2D eigenvalue weighted by Crippen LogP contribution is -2.48. The van der Waals surface area contributed by atoms with Gasteiger partial charge < -0.3 is 20.3 Å². The highest BCUT2D eigenvalue weighted by Crippen LogP contribution is 2.38. The largest absolute Gasteiger partial charge is 0.376 e. The molecule has 31 heavy (non-hydrogen) atoms. The van der Waals surface area contributed by atoms with Crippen LogP contribution in [0.15, 0.2) is 36.4 Å². The van der Waals surface area contributed by atoms with Crippen molar-refractivity contribution in [1.82, 2.24) is 5.32 Å². The summed E-state index contributed by atoms with van der Waals surface area (Å²) in [6.07, 6.45) is 3.30. The van der Waals surface area contributed by atoms with E-state index in [-0.39, 0.29) is 12.5 Å². The van der Waals surface area contributed by atoms with Crippen molar-refractivity contribution in [2.24, 2.45) is 0 Å². The number of nitrogens with zero attached hydrogens (tertiary/aromatic N) is 1. The fourth-order valence-corrected chi connectivity index (χ4v) is 5.04. The van der Waals surface area contributed by atoms with Crippen molar-refractivity contribution in [3.05, 3.63) is 58.7 Å². The predicted octanol–water partition coefficient (Wildman–Crippen LogP) is 1.76. The van der Waals surface area contributed by atoms with Crippen LogP contribution in [0.5, 0.6) is 0 Å².